The summed E-state index contributed by atoms with van der Waals surface area (Å²) in [5.74, 6) is 1.40. The number of hydrogen-bond donors (Lipinski definition) is 4. The number of alkyl carbamates (subject to hydrolysis) is 2. The lowest BCUT2D eigenvalue weighted by atomic mass is 9.95. The largest absolute Gasteiger partial charge is 0.453 e. The monoisotopic (exact) mass is 840 g/mol. The third-order valence-corrected chi connectivity index (χ3v) is 12.9. The molecule has 62 heavy (non-hydrogen) atoms. The summed E-state index contributed by atoms with van der Waals surface area (Å²) in [7, 11) is 2.60. The van der Waals surface area contributed by atoms with Crippen LogP contribution in [0.3, 0.4) is 0 Å². The second kappa shape index (κ2) is 17.9. The molecular formula is C48H56N8O6. The number of aromatic nitrogens is 4. The maximum Gasteiger partial charge on any atom is 0.407 e. The van der Waals surface area contributed by atoms with Gasteiger partial charge in [-0.2, -0.15) is 0 Å². The van der Waals surface area contributed by atoms with Crippen LogP contribution in [0, 0.1) is 17.8 Å². The summed E-state index contributed by atoms with van der Waals surface area (Å²) in [5.41, 5.74) is 8.04. The number of imidazole rings is 2. The number of hydrogen-bond acceptors (Lipinski definition) is 8. The van der Waals surface area contributed by atoms with Crippen molar-refractivity contribution in [1.29, 1.82) is 0 Å². The van der Waals surface area contributed by atoms with Gasteiger partial charge < -0.3 is 39.9 Å². The Morgan fingerprint density at radius 1 is 0.694 bits per heavy atom. The third-order valence-electron chi connectivity index (χ3n) is 12.9. The lowest BCUT2D eigenvalue weighted by molar-refractivity contribution is -0.139. The summed E-state index contributed by atoms with van der Waals surface area (Å²) >= 11 is 0. The highest BCUT2D eigenvalue weighted by molar-refractivity contribution is 5.87. The zero-order valence-electron chi connectivity index (χ0n) is 36.2. The molecule has 1 saturated carbocycles. The van der Waals surface area contributed by atoms with E-state index in [1.807, 2.05) is 49.9 Å². The van der Waals surface area contributed by atoms with Crippen LogP contribution in [0.5, 0.6) is 0 Å². The van der Waals surface area contributed by atoms with Crippen molar-refractivity contribution < 1.29 is 28.7 Å². The number of fused-ring (bicyclic) bond motifs is 2. The molecule has 6 atom stereocenters. The van der Waals surface area contributed by atoms with E-state index in [4.69, 9.17) is 14.5 Å². The van der Waals surface area contributed by atoms with Crippen molar-refractivity contribution in [2.24, 2.45) is 17.8 Å². The predicted molar refractivity (Wildman–Crippen MR) is 235 cm³/mol. The van der Waals surface area contributed by atoms with Gasteiger partial charge in [0, 0.05) is 24.3 Å². The Labute approximate surface area is 362 Å². The number of likely N-dealkylation sites (tertiary alicyclic amines) is 2. The van der Waals surface area contributed by atoms with Gasteiger partial charge in [0.1, 0.15) is 23.7 Å². The molecule has 3 fully saturated rings. The molecule has 14 heteroatoms. The number of carbonyl (C=O) groups is 4. The number of benzene rings is 3. The van der Waals surface area contributed by atoms with Gasteiger partial charge in [0.2, 0.25) is 11.8 Å². The van der Waals surface area contributed by atoms with Crippen molar-refractivity contribution in [3.8, 4) is 44.8 Å². The molecule has 0 spiro atoms. The molecule has 3 aliphatic rings. The van der Waals surface area contributed by atoms with E-state index in [0.29, 0.717) is 12.5 Å². The molecule has 14 nitrogen and oxygen atoms in total. The van der Waals surface area contributed by atoms with Crippen LogP contribution in [0.15, 0.2) is 85.2 Å². The van der Waals surface area contributed by atoms with Gasteiger partial charge in [0.15, 0.2) is 0 Å². The molecule has 1 aliphatic carbocycles. The van der Waals surface area contributed by atoms with Gasteiger partial charge >= 0.3 is 12.2 Å². The van der Waals surface area contributed by atoms with E-state index in [9.17, 15) is 19.2 Å². The minimum atomic E-state index is -0.684. The first-order valence-electron chi connectivity index (χ1n) is 21.7. The van der Waals surface area contributed by atoms with E-state index in [0.717, 1.165) is 88.5 Å². The molecule has 4 amide bonds. The smallest absolute Gasteiger partial charge is 0.407 e. The molecular weight excluding hydrogens is 785 g/mol. The second-order valence-corrected chi connectivity index (χ2v) is 17.4. The van der Waals surface area contributed by atoms with Crippen LogP contribution in [-0.4, -0.2) is 92.6 Å². The fourth-order valence-corrected chi connectivity index (χ4v) is 9.53. The standard InChI is InChI=1S/C48H56N8O6/c1-27(2)40(53-47(59)61-5)45(57)55-23-7-8-39(55)43-49-25-37(51-43)33-17-13-31(14-18-33)29-9-11-30(12-10-29)32-15-19-34(20-16-32)38-26-50-44(52-38)42-35-21-22-36(24-35)56(42)46(58)41(28(3)4)54-48(60)62-6/h9-20,25-28,35-36,39-42H,7-8,21-24H2,1-6H3,(H,49,51)(H,50,52)(H,53,59)(H,54,60)/t35?,36?,39-,40-,41-,42-/m0/s1. The molecule has 4 N–H and O–H groups in total. The van der Waals surface area contributed by atoms with Gasteiger partial charge in [-0.1, -0.05) is 100 Å². The molecule has 2 aromatic heterocycles. The van der Waals surface area contributed by atoms with Gasteiger partial charge in [-0.25, -0.2) is 19.6 Å². The molecule has 2 bridgehead atoms. The van der Waals surface area contributed by atoms with E-state index < -0.39 is 24.3 Å². The lowest BCUT2D eigenvalue weighted by Crippen LogP contribution is -2.54. The number of nitrogens with one attached hydrogen (secondary N) is 4. The van der Waals surface area contributed by atoms with Crippen LogP contribution >= 0.6 is 0 Å². The molecule has 324 valence electrons. The van der Waals surface area contributed by atoms with Crippen LogP contribution in [0.1, 0.15) is 83.5 Å². The number of aromatic amines is 2. The van der Waals surface area contributed by atoms with Crippen molar-refractivity contribution >= 4 is 24.0 Å². The number of H-pyrrole nitrogens is 2. The minimum Gasteiger partial charge on any atom is -0.453 e. The summed E-state index contributed by atoms with van der Waals surface area (Å²) in [4.78, 5) is 71.9. The van der Waals surface area contributed by atoms with Crippen molar-refractivity contribution in [3.05, 3.63) is 96.8 Å². The molecule has 4 heterocycles. The summed E-state index contributed by atoms with van der Waals surface area (Å²) in [6, 6.07) is 23.6. The Morgan fingerprint density at radius 3 is 1.77 bits per heavy atom. The van der Waals surface area contributed by atoms with Crippen LogP contribution in [0.25, 0.3) is 44.8 Å². The topological polar surface area (TPSA) is 175 Å². The van der Waals surface area contributed by atoms with Crippen LogP contribution < -0.4 is 10.6 Å². The maximum absolute atomic E-state index is 13.9. The number of amides is 4. The Morgan fingerprint density at radius 2 is 1.23 bits per heavy atom. The minimum absolute atomic E-state index is 0.0896. The predicted octanol–water partition coefficient (Wildman–Crippen LogP) is 8.28. The third kappa shape index (κ3) is 8.42. The summed E-state index contributed by atoms with van der Waals surface area (Å²) in [5, 5.41) is 5.46. The summed E-state index contributed by atoms with van der Waals surface area (Å²) in [6.45, 7) is 8.27. The van der Waals surface area contributed by atoms with E-state index in [2.05, 4.69) is 98.4 Å². The van der Waals surface area contributed by atoms with Crippen molar-refractivity contribution in [2.75, 3.05) is 20.8 Å². The van der Waals surface area contributed by atoms with E-state index in [-0.39, 0.29) is 41.8 Å². The normalized spacial score (nSPS) is 20.4. The number of piperidine rings is 1. The second-order valence-electron chi connectivity index (χ2n) is 17.4. The highest BCUT2D eigenvalue weighted by atomic mass is 16.5. The van der Waals surface area contributed by atoms with Crippen molar-refractivity contribution in [2.45, 2.75) is 90.0 Å². The highest BCUT2D eigenvalue weighted by Crippen LogP contribution is 2.50. The van der Waals surface area contributed by atoms with Crippen LogP contribution in [0.4, 0.5) is 9.59 Å². The van der Waals surface area contributed by atoms with Gasteiger partial charge in [-0.3, -0.25) is 9.59 Å². The Hall–Kier alpha value is -6.44. The molecule has 5 aromatic rings. The van der Waals surface area contributed by atoms with E-state index in [1.165, 1.54) is 14.2 Å². The van der Waals surface area contributed by atoms with E-state index in [1.54, 1.807) is 0 Å². The zero-order valence-corrected chi connectivity index (χ0v) is 36.2. The molecule has 2 unspecified atom stereocenters. The first-order valence-corrected chi connectivity index (χ1v) is 21.7. The van der Waals surface area contributed by atoms with Crippen LogP contribution in [0.2, 0.25) is 0 Å². The van der Waals surface area contributed by atoms with Crippen molar-refractivity contribution in [1.82, 2.24) is 40.4 Å². The molecule has 0 radical (unpaired) electrons. The number of methoxy groups -OCH3 is 2. The molecule has 2 aliphatic heterocycles. The molecule has 8 rings (SSSR count). The maximum atomic E-state index is 13.9. The summed E-state index contributed by atoms with van der Waals surface area (Å²) in [6.07, 6.45) is 7.08. The quantitative estimate of drug-likeness (QED) is 0.0971. The number of ether oxygens (including phenoxy) is 2. The van der Waals surface area contributed by atoms with Gasteiger partial charge in [-0.15, -0.1) is 0 Å². The van der Waals surface area contributed by atoms with Gasteiger partial charge in [0.05, 0.1) is 43.9 Å². The van der Waals surface area contributed by atoms with Gasteiger partial charge in [0.25, 0.3) is 0 Å². The zero-order chi connectivity index (χ0) is 43.7. The Kier molecular flexibility index (Phi) is 12.2. The molecule has 2 saturated heterocycles. The fraction of sp³-hybridized carbons (Fsp3) is 0.417. The number of rotatable bonds is 12. The number of carbonyl (C=O) groups excluding carboxylic acids is 4. The Bertz CT molecular complexity index is 2390. The number of nitrogens with zero attached hydrogens (tertiary/aromatic N) is 4. The first-order chi connectivity index (χ1) is 29.9. The van der Waals surface area contributed by atoms with Crippen molar-refractivity contribution in [3.63, 3.8) is 0 Å². The SMILES string of the molecule is COC(=O)N[C@H](C(=O)N1CCC[C@H]1c1ncc(-c2ccc(-c3ccc(-c4ccc(-c5c[nH]c([C@@H]6C7CCC(C7)N6C(=O)[C@@H](NC(=O)OC)C(C)C)n5)cc4)cc3)cc2)[nH]1)C(C)C. The first kappa shape index (κ1) is 42.3. The highest BCUT2D eigenvalue weighted by Gasteiger charge is 2.51. The van der Waals surface area contributed by atoms with Crippen LogP contribution in [-0.2, 0) is 19.1 Å². The lowest BCUT2D eigenvalue weighted by Gasteiger charge is -2.37. The van der Waals surface area contributed by atoms with Gasteiger partial charge in [-0.05, 0) is 77.7 Å². The fourth-order valence-electron chi connectivity index (χ4n) is 9.53. The Balaban J connectivity index is 0.910. The average molecular weight is 841 g/mol. The molecule has 3 aromatic carbocycles. The van der Waals surface area contributed by atoms with E-state index >= 15 is 0 Å². The average Bonchev–Trinajstić information content (AvgIpc) is 4.16. The summed E-state index contributed by atoms with van der Waals surface area (Å²) < 4.78 is 9.59.